The van der Waals surface area contributed by atoms with Gasteiger partial charge in [0.2, 0.25) is 11.9 Å². The number of hydrogen-bond donors (Lipinski definition) is 3. The fraction of sp³-hybridized carbons (Fsp3) is 0.625. The van der Waals surface area contributed by atoms with E-state index in [0.29, 0.717) is 6.54 Å². The molecular weight excluding hydrogens is 198 g/mol. The van der Waals surface area contributed by atoms with Crippen molar-refractivity contribution in [3.63, 3.8) is 0 Å². The Morgan fingerprint density at radius 2 is 2.07 bits per heavy atom. The number of hydrogen-bond acceptors (Lipinski definition) is 7. The van der Waals surface area contributed by atoms with Gasteiger partial charge in [0.05, 0.1) is 12.7 Å². The summed E-state index contributed by atoms with van der Waals surface area (Å²) in [7, 11) is 1.44. The first-order chi connectivity index (χ1) is 6.90. The fourth-order valence-electron chi connectivity index (χ4n) is 0.838. The molecule has 0 radical (unpaired) electrons. The Morgan fingerprint density at radius 1 is 1.40 bits per heavy atom. The highest BCUT2D eigenvalue weighted by Gasteiger charge is 2.13. The lowest BCUT2D eigenvalue weighted by Gasteiger charge is -2.17. The van der Waals surface area contributed by atoms with Gasteiger partial charge in [0.15, 0.2) is 0 Å². The molecule has 0 atom stereocenters. The van der Waals surface area contributed by atoms with Crippen LogP contribution in [0.1, 0.15) is 13.8 Å². The number of anilines is 2. The molecule has 0 saturated carbocycles. The van der Waals surface area contributed by atoms with Crippen LogP contribution in [0.4, 0.5) is 11.9 Å². The van der Waals surface area contributed by atoms with Crippen LogP contribution in [-0.2, 0) is 0 Å². The van der Waals surface area contributed by atoms with Crippen molar-refractivity contribution in [2.75, 3.05) is 24.7 Å². The molecule has 0 fully saturated rings. The predicted octanol–water partition coefficient (Wildman–Crippen LogP) is -0.355. The molecular formula is C8H15N5O2. The number of nitrogens with one attached hydrogen (secondary N) is 1. The van der Waals surface area contributed by atoms with E-state index in [9.17, 15) is 5.11 Å². The number of ether oxygens (including phenoxy) is 1. The third kappa shape index (κ3) is 3.94. The summed E-state index contributed by atoms with van der Waals surface area (Å²) in [5, 5.41) is 12.3. The normalized spacial score (nSPS) is 11.2. The van der Waals surface area contributed by atoms with Crippen molar-refractivity contribution in [2.24, 2.45) is 0 Å². The first kappa shape index (κ1) is 11.4. The van der Waals surface area contributed by atoms with Crippen LogP contribution in [0.15, 0.2) is 0 Å². The van der Waals surface area contributed by atoms with E-state index in [2.05, 4.69) is 20.3 Å². The number of rotatable bonds is 4. The summed E-state index contributed by atoms with van der Waals surface area (Å²) in [4.78, 5) is 11.5. The number of aromatic nitrogens is 3. The molecule has 7 nitrogen and oxygen atoms in total. The van der Waals surface area contributed by atoms with Crippen LogP contribution in [-0.4, -0.2) is 39.3 Å². The molecule has 0 bridgehead atoms. The highest BCUT2D eigenvalue weighted by atomic mass is 16.5. The van der Waals surface area contributed by atoms with E-state index in [4.69, 9.17) is 10.5 Å². The van der Waals surface area contributed by atoms with Gasteiger partial charge in [0.25, 0.3) is 0 Å². The minimum absolute atomic E-state index is 0.0695. The molecule has 1 aromatic rings. The topological polar surface area (TPSA) is 106 Å². The van der Waals surface area contributed by atoms with Crippen molar-refractivity contribution in [1.29, 1.82) is 0 Å². The summed E-state index contributed by atoms with van der Waals surface area (Å²) in [5.41, 5.74) is 4.58. The van der Waals surface area contributed by atoms with Crippen molar-refractivity contribution < 1.29 is 9.84 Å². The molecule has 84 valence electrons. The van der Waals surface area contributed by atoms with Gasteiger partial charge in [-0.1, -0.05) is 0 Å². The van der Waals surface area contributed by atoms with Crippen LogP contribution < -0.4 is 15.8 Å². The maximum absolute atomic E-state index is 9.48. The van der Waals surface area contributed by atoms with Gasteiger partial charge in [-0.15, -0.1) is 0 Å². The lowest BCUT2D eigenvalue weighted by molar-refractivity contribution is 0.0943. The van der Waals surface area contributed by atoms with E-state index >= 15 is 0 Å². The zero-order chi connectivity index (χ0) is 11.5. The van der Waals surface area contributed by atoms with E-state index in [0.717, 1.165) is 0 Å². The molecule has 0 aliphatic rings. The standard InChI is InChI=1S/C8H15N5O2/c1-8(2,14)4-10-6-11-5(9)12-7(13-6)15-3/h14H,4H2,1-3H3,(H3,9,10,11,12,13). The second-order valence-corrected chi connectivity index (χ2v) is 3.67. The average Bonchev–Trinajstić information content (AvgIpc) is 2.13. The first-order valence-corrected chi connectivity index (χ1v) is 4.42. The number of nitrogens with zero attached hydrogens (tertiary/aromatic N) is 3. The van der Waals surface area contributed by atoms with Gasteiger partial charge in [-0.05, 0) is 13.8 Å². The predicted molar refractivity (Wildman–Crippen MR) is 55.6 cm³/mol. The van der Waals surface area contributed by atoms with Gasteiger partial charge in [-0.25, -0.2) is 0 Å². The quantitative estimate of drug-likeness (QED) is 0.627. The second-order valence-electron chi connectivity index (χ2n) is 3.67. The molecule has 0 amide bonds. The number of nitrogen functional groups attached to an aromatic ring is 1. The van der Waals surface area contributed by atoms with Gasteiger partial charge >= 0.3 is 6.01 Å². The van der Waals surface area contributed by atoms with Gasteiger partial charge < -0.3 is 20.9 Å². The minimum Gasteiger partial charge on any atom is -0.467 e. The summed E-state index contributed by atoms with van der Waals surface area (Å²) in [5.74, 6) is 0.349. The molecule has 4 N–H and O–H groups in total. The third-order valence-electron chi connectivity index (χ3n) is 1.49. The largest absolute Gasteiger partial charge is 0.467 e. The second kappa shape index (κ2) is 4.26. The molecule has 0 aliphatic heterocycles. The van der Waals surface area contributed by atoms with Crippen molar-refractivity contribution in [2.45, 2.75) is 19.4 Å². The van der Waals surface area contributed by atoms with Crippen molar-refractivity contribution in [1.82, 2.24) is 15.0 Å². The zero-order valence-electron chi connectivity index (χ0n) is 8.98. The summed E-state index contributed by atoms with van der Waals surface area (Å²) in [6.07, 6.45) is 0. The fourth-order valence-corrected chi connectivity index (χ4v) is 0.838. The highest BCUT2D eigenvalue weighted by Crippen LogP contribution is 2.09. The summed E-state index contributed by atoms with van der Waals surface area (Å²) in [6.45, 7) is 3.64. The number of nitrogens with two attached hydrogens (primary N) is 1. The summed E-state index contributed by atoms with van der Waals surface area (Å²) in [6, 6.07) is 0.140. The van der Waals surface area contributed by atoms with Crippen LogP contribution in [0, 0.1) is 0 Å². The summed E-state index contributed by atoms with van der Waals surface area (Å²) >= 11 is 0. The third-order valence-corrected chi connectivity index (χ3v) is 1.49. The molecule has 0 saturated heterocycles. The van der Waals surface area contributed by atoms with Gasteiger partial charge in [0, 0.05) is 6.54 Å². The Labute approximate surface area is 87.7 Å². The van der Waals surface area contributed by atoms with Gasteiger partial charge in [0.1, 0.15) is 0 Å². The molecule has 0 aliphatic carbocycles. The number of aliphatic hydroxyl groups is 1. The molecule has 1 aromatic heterocycles. The maximum atomic E-state index is 9.48. The Morgan fingerprint density at radius 3 is 2.60 bits per heavy atom. The minimum atomic E-state index is -0.853. The van der Waals surface area contributed by atoms with E-state index in [1.807, 2.05) is 0 Å². The SMILES string of the molecule is COc1nc(N)nc(NCC(C)(C)O)n1. The van der Waals surface area contributed by atoms with E-state index in [1.165, 1.54) is 7.11 Å². The Hall–Kier alpha value is -1.63. The van der Waals surface area contributed by atoms with Gasteiger partial charge in [-0.2, -0.15) is 15.0 Å². The van der Waals surface area contributed by atoms with Crippen LogP contribution in [0.25, 0.3) is 0 Å². The van der Waals surface area contributed by atoms with Crippen molar-refractivity contribution in [3.05, 3.63) is 0 Å². The maximum Gasteiger partial charge on any atom is 0.322 e. The summed E-state index contributed by atoms with van der Waals surface area (Å²) < 4.78 is 4.82. The van der Waals surface area contributed by atoms with Crippen LogP contribution in [0.2, 0.25) is 0 Å². The number of methoxy groups -OCH3 is 1. The Bertz CT molecular complexity index is 336. The molecule has 15 heavy (non-hydrogen) atoms. The van der Waals surface area contributed by atoms with E-state index < -0.39 is 5.60 Å². The molecule has 0 aromatic carbocycles. The van der Waals surface area contributed by atoms with Crippen molar-refractivity contribution in [3.8, 4) is 6.01 Å². The molecule has 1 heterocycles. The zero-order valence-corrected chi connectivity index (χ0v) is 8.98. The smallest absolute Gasteiger partial charge is 0.322 e. The van der Waals surface area contributed by atoms with Crippen LogP contribution in [0.3, 0.4) is 0 Å². The van der Waals surface area contributed by atoms with E-state index in [1.54, 1.807) is 13.8 Å². The van der Waals surface area contributed by atoms with Crippen LogP contribution in [0.5, 0.6) is 6.01 Å². The molecule has 7 heteroatoms. The first-order valence-electron chi connectivity index (χ1n) is 4.42. The Balaban J connectivity index is 2.73. The molecule has 1 rings (SSSR count). The van der Waals surface area contributed by atoms with Crippen molar-refractivity contribution >= 4 is 11.9 Å². The van der Waals surface area contributed by atoms with E-state index in [-0.39, 0.29) is 17.9 Å². The lowest BCUT2D eigenvalue weighted by Crippen LogP contribution is -2.30. The lowest BCUT2D eigenvalue weighted by atomic mass is 10.1. The monoisotopic (exact) mass is 213 g/mol. The van der Waals surface area contributed by atoms with Crippen LogP contribution >= 0.6 is 0 Å². The molecule has 0 unspecified atom stereocenters. The van der Waals surface area contributed by atoms with Gasteiger partial charge in [-0.3, -0.25) is 0 Å². The average molecular weight is 213 g/mol. The highest BCUT2D eigenvalue weighted by molar-refractivity contribution is 5.32. The molecule has 0 spiro atoms. The Kier molecular flexibility index (Phi) is 3.25.